The van der Waals surface area contributed by atoms with Gasteiger partial charge in [-0.2, -0.15) is 0 Å². The fourth-order valence-electron chi connectivity index (χ4n) is 2.19. The van der Waals surface area contributed by atoms with Crippen molar-refractivity contribution < 1.29 is 9.53 Å². The summed E-state index contributed by atoms with van der Waals surface area (Å²) in [5.74, 6) is -0.0214. The minimum Gasteiger partial charge on any atom is -0.369 e. The number of carbonyl (C=O) groups excluding carboxylic acids is 1. The summed E-state index contributed by atoms with van der Waals surface area (Å²) in [6.45, 7) is 3.34. The number of anilines is 1. The van der Waals surface area contributed by atoms with Gasteiger partial charge >= 0.3 is 0 Å². The molecule has 0 spiro atoms. The predicted octanol–water partition coefficient (Wildman–Crippen LogP) is 1.60. The van der Waals surface area contributed by atoms with E-state index >= 15 is 0 Å². The molecule has 4 nitrogen and oxygen atoms in total. The van der Waals surface area contributed by atoms with E-state index < -0.39 is 0 Å². The van der Waals surface area contributed by atoms with E-state index in [9.17, 15) is 4.79 Å². The van der Waals surface area contributed by atoms with Crippen molar-refractivity contribution in [1.82, 2.24) is 5.32 Å². The monoisotopic (exact) mass is 268 g/mol. The average molecular weight is 269 g/mol. The summed E-state index contributed by atoms with van der Waals surface area (Å²) in [7, 11) is 1.86. The Morgan fingerprint density at radius 2 is 2.33 bits per heavy atom. The number of rotatable bonds is 3. The smallest absolute Gasteiger partial charge is 0.253 e. The summed E-state index contributed by atoms with van der Waals surface area (Å²) in [5.41, 5.74) is 1.91. The van der Waals surface area contributed by atoms with Gasteiger partial charge in [-0.05, 0) is 31.7 Å². The normalized spacial score (nSPS) is 20.3. The number of carbonyl (C=O) groups is 1. The van der Waals surface area contributed by atoms with Crippen LogP contribution in [-0.4, -0.2) is 38.8 Å². The van der Waals surface area contributed by atoms with E-state index in [0.717, 1.165) is 11.3 Å². The first kappa shape index (κ1) is 13.3. The highest BCUT2D eigenvalue weighted by molar-refractivity contribution is 6.31. The summed E-state index contributed by atoms with van der Waals surface area (Å²) in [6, 6.07) is 5.60. The second-order valence-electron chi connectivity index (χ2n) is 4.42. The minimum atomic E-state index is -0.0214. The van der Waals surface area contributed by atoms with E-state index in [0.29, 0.717) is 18.2 Å². The molecule has 1 unspecified atom stereocenters. The van der Waals surface area contributed by atoms with Crippen LogP contribution in [0.5, 0.6) is 0 Å². The molecule has 1 N–H and O–H groups in total. The topological polar surface area (TPSA) is 41.6 Å². The molecule has 2 rings (SSSR count). The van der Waals surface area contributed by atoms with Crippen LogP contribution in [0.1, 0.15) is 5.56 Å². The molecule has 1 aliphatic heterocycles. The van der Waals surface area contributed by atoms with E-state index in [-0.39, 0.29) is 18.6 Å². The van der Waals surface area contributed by atoms with E-state index in [1.165, 1.54) is 0 Å². The third-order valence-corrected chi connectivity index (χ3v) is 3.28. The number of nitrogens with one attached hydrogen (secondary N) is 1. The number of amides is 1. The molecule has 98 valence electrons. The van der Waals surface area contributed by atoms with Crippen LogP contribution in [0.3, 0.4) is 0 Å². The average Bonchev–Trinajstić information content (AvgIpc) is 2.34. The Labute approximate surface area is 112 Å². The first-order valence-corrected chi connectivity index (χ1v) is 6.32. The lowest BCUT2D eigenvalue weighted by Gasteiger charge is -2.36. The Kier molecular flexibility index (Phi) is 4.22. The van der Waals surface area contributed by atoms with E-state index in [4.69, 9.17) is 16.3 Å². The molecule has 1 aliphatic rings. The van der Waals surface area contributed by atoms with Gasteiger partial charge in [0.1, 0.15) is 6.61 Å². The molecule has 0 saturated carbocycles. The molecule has 1 heterocycles. The molecule has 0 aromatic heterocycles. The molecule has 1 fully saturated rings. The molecule has 0 radical (unpaired) electrons. The van der Waals surface area contributed by atoms with Crippen molar-refractivity contribution in [3.63, 3.8) is 0 Å². The van der Waals surface area contributed by atoms with Crippen molar-refractivity contribution in [3.05, 3.63) is 28.8 Å². The molecule has 5 heteroatoms. The number of hydrogen-bond donors (Lipinski definition) is 1. The Bertz CT molecular complexity index is 449. The standard InChI is InChI=1S/C13H17ClN2O2/c1-9-3-4-10(14)5-12(9)16-11(6-15-2)7-18-8-13(16)17/h3-5,11,15H,6-8H2,1-2H3. The molecule has 0 aliphatic carbocycles. The largest absolute Gasteiger partial charge is 0.369 e. The highest BCUT2D eigenvalue weighted by atomic mass is 35.5. The quantitative estimate of drug-likeness (QED) is 0.905. The molecular formula is C13H17ClN2O2. The number of hydrogen-bond acceptors (Lipinski definition) is 3. The van der Waals surface area contributed by atoms with Gasteiger partial charge in [0.15, 0.2) is 0 Å². The van der Waals surface area contributed by atoms with Crippen LogP contribution in [0.2, 0.25) is 5.02 Å². The fourth-order valence-corrected chi connectivity index (χ4v) is 2.36. The van der Waals surface area contributed by atoms with Gasteiger partial charge in [-0.1, -0.05) is 17.7 Å². The molecule has 0 bridgehead atoms. The van der Waals surface area contributed by atoms with Gasteiger partial charge in [-0.25, -0.2) is 0 Å². The number of aryl methyl sites for hydroxylation is 1. The van der Waals surface area contributed by atoms with Crippen LogP contribution >= 0.6 is 11.6 Å². The highest BCUT2D eigenvalue weighted by Gasteiger charge is 2.30. The van der Waals surface area contributed by atoms with Gasteiger partial charge < -0.3 is 15.0 Å². The number of likely N-dealkylation sites (N-methyl/N-ethyl adjacent to an activating group) is 1. The van der Waals surface area contributed by atoms with Crippen molar-refractivity contribution in [2.45, 2.75) is 13.0 Å². The first-order chi connectivity index (χ1) is 8.63. The summed E-state index contributed by atoms with van der Waals surface area (Å²) >= 11 is 6.02. The lowest BCUT2D eigenvalue weighted by molar-refractivity contribution is -0.127. The van der Waals surface area contributed by atoms with Crippen molar-refractivity contribution in [2.24, 2.45) is 0 Å². The molecule has 1 saturated heterocycles. The summed E-state index contributed by atoms with van der Waals surface area (Å²) in [6.07, 6.45) is 0. The summed E-state index contributed by atoms with van der Waals surface area (Å²) in [4.78, 5) is 13.9. The van der Waals surface area contributed by atoms with Crippen molar-refractivity contribution in [2.75, 3.05) is 31.7 Å². The van der Waals surface area contributed by atoms with Gasteiger partial charge in [0, 0.05) is 17.3 Å². The maximum atomic E-state index is 12.1. The van der Waals surface area contributed by atoms with Crippen molar-refractivity contribution >= 4 is 23.2 Å². The minimum absolute atomic E-state index is 0.00779. The summed E-state index contributed by atoms with van der Waals surface area (Å²) in [5, 5.41) is 3.72. The summed E-state index contributed by atoms with van der Waals surface area (Å²) < 4.78 is 5.30. The Balaban J connectivity index is 2.36. The molecule has 1 amide bonds. The molecule has 1 aromatic carbocycles. The third kappa shape index (κ3) is 2.66. The maximum absolute atomic E-state index is 12.1. The first-order valence-electron chi connectivity index (χ1n) is 5.94. The van der Waals surface area contributed by atoms with E-state index in [1.54, 1.807) is 4.90 Å². The van der Waals surface area contributed by atoms with Gasteiger partial charge in [-0.15, -0.1) is 0 Å². The Morgan fingerprint density at radius 1 is 1.56 bits per heavy atom. The fraction of sp³-hybridized carbons (Fsp3) is 0.462. The van der Waals surface area contributed by atoms with Gasteiger partial charge in [0.2, 0.25) is 0 Å². The highest BCUT2D eigenvalue weighted by Crippen LogP contribution is 2.27. The van der Waals surface area contributed by atoms with Crippen LogP contribution in [-0.2, 0) is 9.53 Å². The van der Waals surface area contributed by atoms with Crippen molar-refractivity contribution in [1.29, 1.82) is 0 Å². The van der Waals surface area contributed by atoms with Gasteiger partial charge in [0.25, 0.3) is 5.91 Å². The predicted molar refractivity (Wildman–Crippen MR) is 72.2 cm³/mol. The van der Waals surface area contributed by atoms with Crippen LogP contribution in [0.15, 0.2) is 18.2 Å². The van der Waals surface area contributed by atoms with Crippen LogP contribution < -0.4 is 10.2 Å². The zero-order valence-corrected chi connectivity index (χ0v) is 11.3. The zero-order chi connectivity index (χ0) is 13.1. The Hall–Kier alpha value is -1.10. The molecule has 1 atom stereocenters. The number of halogens is 1. The second kappa shape index (κ2) is 5.69. The lowest BCUT2D eigenvalue weighted by atomic mass is 10.1. The van der Waals surface area contributed by atoms with Gasteiger partial charge in [-0.3, -0.25) is 4.79 Å². The number of morpholine rings is 1. The molecule has 18 heavy (non-hydrogen) atoms. The maximum Gasteiger partial charge on any atom is 0.253 e. The third-order valence-electron chi connectivity index (χ3n) is 3.04. The van der Waals surface area contributed by atoms with Crippen molar-refractivity contribution in [3.8, 4) is 0 Å². The van der Waals surface area contributed by atoms with E-state index in [2.05, 4.69) is 5.32 Å². The van der Waals surface area contributed by atoms with Crippen LogP contribution in [0.4, 0.5) is 5.69 Å². The van der Waals surface area contributed by atoms with Crippen LogP contribution in [0, 0.1) is 6.92 Å². The van der Waals surface area contributed by atoms with E-state index in [1.807, 2.05) is 32.2 Å². The lowest BCUT2D eigenvalue weighted by Crippen LogP contribution is -2.53. The number of nitrogens with zero attached hydrogens (tertiary/aromatic N) is 1. The SMILES string of the molecule is CNCC1COCC(=O)N1c1cc(Cl)ccc1C. The zero-order valence-electron chi connectivity index (χ0n) is 10.6. The number of ether oxygens (including phenoxy) is 1. The molecule has 1 aromatic rings. The number of benzene rings is 1. The second-order valence-corrected chi connectivity index (χ2v) is 4.86. The Morgan fingerprint density at radius 3 is 3.06 bits per heavy atom. The van der Waals surface area contributed by atoms with Crippen LogP contribution in [0.25, 0.3) is 0 Å². The molecular weight excluding hydrogens is 252 g/mol. The van der Waals surface area contributed by atoms with Gasteiger partial charge in [0.05, 0.1) is 12.6 Å².